The molecule has 3 aromatic rings. The zero-order valence-electron chi connectivity index (χ0n) is 12.6. The summed E-state index contributed by atoms with van der Waals surface area (Å²) < 4.78 is 4.13. The Bertz CT molecular complexity index is 725. The van der Waals surface area contributed by atoms with E-state index in [0.717, 1.165) is 43.1 Å². The van der Waals surface area contributed by atoms with Gasteiger partial charge in [0.2, 0.25) is 0 Å². The monoisotopic (exact) mass is 283 g/mol. The van der Waals surface area contributed by atoms with Crippen LogP contribution in [0.1, 0.15) is 24.9 Å². The number of nitrogens with one attached hydrogen (secondary N) is 1. The van der Waals surface area contributed by atoms with Crippen molar-refractivity contribution >= 4 is 11.0 Å². The Hall–Kier alpha value is -2.14. The van der Waals surface area contributed by atoms with E-state index in [0.29, 0.717) is 0 Å². The van der Waals surface area contributed by atoms with Crippen molar-refractivity contribution in [3.05, 3.63) is 48.0 Å². The Morgan fingerprint density at radius 3 is 2.76 bits per heavy atom. The van der Waals surface area contributed by atoms with E-state index in [1.807, 2.05) is 30.1 Å². The van der Waals surface area contributed by atoms with Gasteiger partial charge in [0.25, 0.3) is 0 Å². The summed E-state index contributed by atoms with van der Waals surface area (Å²) in [6, 6.07) is 10.4. The molecule has 2 heterocycles. The van der Waals surface area contributed by atoms with Crippen molar-refractivity contribution in [3.63, 3.8) is 0 Å². The van der Waals surface area contributed by atoms with Gasteiger partial charge < -0.3 is 9.88 Å². The van der Waals surface area contributed by atoms with Gasteiger partial charge in [0.1, 0.15) is 5.82 Å². The van der Waals surface area contributed by atoms with E-state index < -0.39 is 0 Å². The first-order chi connectivity index (χ1) is 10.3. The van der Waals surface area contributed by atoms with Crippen LogP contribution < -0.4 is 5.32 Å². The molecule has 0 radical (unpaired) electrons. The smallest absolute Gasteiger partial charge is 0.123 e. The minimum Gasteiger partial charge on any atom is -0.327 e. The molecular weight excluding hydrogens is 262 g/mol. The lowest BCUT2D eigenvalue weighted by atomic mass is 10.3. The second-order valence-corrected chi connectivity index (χ2v) is 5.25. The van der Waals surface area contributed by atoms with Gasteiger partial charge in [0, 0.05) is 26.3 Å². The number of benzene rings is 1. The summed E-state index contributed by atoms with van der Waals surface area (Å²) in [7, 11) is 1.93. The fraction of sp³-hybridized carbons (Fsp3) is 0.375. The van der Waals surface area contributed by atoms with E-state index in [-0.39, 0.29) is 0 Å². The molecule has 0 saturated heterocycles. The largest absolute Gasteiger partial charge is 0.327 e. The maximum absolute atomic E-state index is 4.74. The molecular formula is C16H21N5. The molecule has 3 rings (SSSR count). The fourth-order valence-corrected chi connectivity index (χ4v) is 2.59. The van der Waals surface area contributed by atoms with Crippen molar-refractivity contribution in [1.82, 2.24) is 24.6 Å². The molecule has 0 atom stereocenters. The van der Waals surface area contributed by atoms with E-state index in [1.165, 1.54) is 5.52 Å². The number of imidazole rings is 1. The van der Waals surface area contributed by atoms with Crippen LogP contribution in [0.4, 0.5) is 0 Å². The van der Waals surface area contributed by atoms with Gasteiger partial charge in [0.05, 0.1) is 23.3 Å². The number of aryl methyl sites for hydroxylation is 2. The quantitative estimate of drug-likeness (QED) is 0.756. The lowest BCUT2D eigenvalue weighted by Gasteiger charge is -2.08. The van der Waals surface area contributed by atoms with Gasteiger partial charge in [-0.1, -0.05) is 19.1 Å². The zero-order chi connectivity index (χ0) is 14.7. The number of hydrogen-bond donors (Lipinski definition) is 1. The molecule has 5 nitrogen and oxygen atoms in total. The zero-order valence-corrected chi connectivity index (χ0v) is 12.6. The van der Waals surface area contributed by atoms with Crippen molar-refractivity contribution in [2.45, 2.75) is 33.0 Å². The molecule has 0 saturated carbocycles. The van der Waals surface area contributed by atoms with E-state index in [1.54, 1.807) is 0 Å². The number of fused-ring (bicyclic) bond motifs is 1. The van der Waals surface area contributed by atoms with Crippen LogP contribution in [-0.4, -0.2) is 19.3 Å². The van der Waals surface area contributed by atoms with Gasteiger partial charge in [0.15, 0.2) is 0 Å². The minimum atomic E-state index is 0.755. The van der Waals surface area contributed by atoms with Crippen LogP contribution in [0.15, 0.2) is 36.5 Å². The molecule has 0 unspecified atom stereocenters. The van der Waals surface area contributed by atoms with Crippen molar-refractivity contribution in [2.75, 3.05) is 0 Å². The van der Waals surface area contributed by atoms with Crippen LogP contribution in [0, 0.1) is 0 Å². The maximum atomic E-state index is 4.74. The van der Waals surface area contributed by atoms with Crippen LogP contribution in [0.25, 0.3) is 11.0 Å². The number of para-hydroxylation sites is 2. The van der Waals surface area contributed by atoms with E-state index in [2.05, 4.69) is 40.1 Å². The normalized spacial score (nSPS) is 11.3. The number of hydrogen-bond acceptors (Lipinski definition) is 3. The summed E-state index contributed by atoms with van der Waals surface area (Å²) in [5.41, 5.74) is 3.34. The van der Waals surface area contributed by atoms with Gasteiger partial charge in [-0.25, -0.2) is 4.98 Å². The van der Waals surface area contributed by atoms with Crippen molar-refractivity contribution in [3.8, 4) is 0 Å². The van der Waals surface area contributed by atoms with Crippen LogP contribution in [-0.2, 0) is 26.7 Å². The van der Waals surface area contributed by atoms with Crippen molar-refractivity contribution < 1.29 is 0 Å². The Balaban J connectivity index is 1.74. The van der Waals surface area contributed by atoms with Crippen LogP contribution >= 0.6 is 0 Å². The Labute approximate surface area is 124 Å². The Kier molecular flexibility index (Phi) is 4.01. The molecule has 0 fully saturated rings. The molecule has 0 aliphatic rings. The second-order valence-electron chi connectivity index (χ2n) is 5.25. The molecule has 5 heteroatoms. The van der Waals surface area contributed by atoms with Crippen LogP contribution in [0.2, 0.25) is 0 Å². The van der Waals surface area contributed by atoms with Crippen molar-refractivity contribution in [1.29, 1.82) is 0 Å². The topological polar surface area (TPSA) is 47.7 Å². The van der Waals surface area contributed by atoms with Crippen LogP contribution in [0.5, 0.6) is 0 Å². The third-order valence-corrected chi connectivity index (χ3v) is 3.54. The van der Waals surface area contributed by atoms with E-state index in [9.17, 15) is 0 Å². The van der Waals surface area contributed by atoms with Gasteiger partial charge in [-0.15, -0.1) is 0 Å². The highest BCUT2D eigenvalue weighted by atomic mass is 15.3. The Morgan fingerprint density at radius 1 is 1.14 bits per heavy atom. The predicted molar refractivity (Wildman–Crippen MR) is 83.8 cm³/mol. The van der Waals surface area contributed by atoms with E-state index >= 15 is 0 Å². The third kappa shape index (κ3) is 2.97. The predicted octanol–water partition coefficient (Wildman–Crippen LogP) is 2.47. The first kappa shape index (κ1) is 13.8. The molecule has 0 amide bonds. The molecule has 0 aliphatic heterocycles. The lowest BCUT2D eigenvalue weighted by Crippen LogP contribution is -2.17. The molecule has 0 bridgehead atoms. The van der Waals surface area contributed by atoms with Crippen molar-refractivity contribution in [2.24, 2.45) is 7.05 Å². The van der Waals surface area contributed by atoms with Gasteiger partial charge in [-0.3, -0.25) is 4.68 Å². The molecule has 0 aliphatic carbocycles. The fourth-order valence-electron chi connectivity index (χ4n) is 2.59. The van der Waals surface area contributed by atoms with Gasteiger partial charge in [-0.2, -0.15) is 5.10 Å². The minimum absolute atomic E-state index is 0.755. The standard InChI is InChI=1S/C16H21N5/c1-3-9-21-15-7-5-4-6-14(15)18-16(21)12-17-11-13-8-10-20(2)19-13/h4-8,10,17H,3,9,11-12H2,1-2H3. The summed E-state index contributed by atoms with van der Waals surface area (Å²) in [6.07, 6.45) is 3.07. The van der Waals surface area contributed by atoms with Gasteiger partial charge in [-0.05, 0) is 24.6 Å². The molecule has 110 valence electrons. The molecule has 1 N–H and O–H groups in total. The highest BCUT2D eigenvalue weighted by molar-refractivity contribution is 5.75. The average molecular weight is 283 g/mol. The molecule has 21 heavy (non-hydrogen) atoms. The summed E-state index contributed by atoms with van der Waals surface area (Å²) in [4.78, 5) is 4.74. The first-order valence-electron chi connectivity index (χ1n) is 7.41. The summed E-state index contributed by atoms with van der Waals surface area (Å²) in [6.45, 7) is 4.71. The maximum Gasteiger partial charge on any atom is 0.123 e. The third-order valence-electron chi connectivity index (χ3n) is 3.54. The lowest BCUT2D eigenvalue weighted by molar-refractivity contribution is 0.589. The number of aromatic nitrogens is 4. The number of nitrogens with zero attached hydrogens (tertiary/aromatic N) is 4. The SMILES string of the molecule is CCCn1c(CNCc2ccn(C)n2)nc2ccccc21. The average Bonchev–Trinajstić information content (AvgIpc) is 3.04. The molecule has 2 aromatic heterocycles. The van der Waals surface area contributed by atoms with E-state index in [4.69, 9.17) is 4.98 Å². The molecule has 1 aromatic carbocycles. The highest BCUT2D eigenvalue weighted by Gasteiger charge is 2.09. The van der Waals surface area contributed by atoms with Gasteiger partial charge >= 0.3 is 0 Å². The highest BCUT2D eigenvalue weighted by Crippen LogP contribution is 2.16. The second kappa shape index (κ2) is 6.10. The first-order valence-corrected chi connectivity index (χ1v) is 7.41. The number of rotatable bonds is 6. The summed E-state index contributed by atoms with van der Waals surface area (Å²) in [5.74, 6) is 1.09. The Morgan fingerprint density at radius 2 is 2.00 bits per heavy atom. The molecule has 0 spiro atoms. The summed E-state index contributed by atoms with van der Waals surface area (Å²) in [5, 5.41) is 7.80. The summed E-state index contributed by atoms with van der Waals surface area (Å²) >= 11 is 0. The van der Waals surface area contributed by atoms with Crippen LogP contribution in [0.3, 0.4) is 0 Å².